The van der Waals surface area contributed by atoms with Crippen molar-refractivity contribution in [1.29, 1.82) is 5.26 Å². The fourth-order valence-electron chi connectivity index (χ4n) is 2.82. The van der Waals surface area contributed by atoms with Crippen LogP contribution in [0.4, 0.5) is 0 Å². The second-order valence-corrected chi connectivity index (χ2v) is 7.10. The summed E-state index contributed by atoms with van der Waals surface area (Å²) in [7, 11) is -3.45. The van der Waals surface area contributed by atoms with E-state index >= 15 is 0 Å². The summed E-state index contributed by atoms with van der Waals surface area (Å²) < 4.78 is 26.8. The Balaban J connectivity index is 2.15. The molecule has 1 fully saturated rings. The van der Waals surface area contributed by atoms with E-state index in [0.717, 1.165) is 19.5 Å². The number of benzene rings is 1. The lowest BCUT2D eigenvalue weighted by Gasteiger charge is -2.26. The van der Waals surface area contributed by atoms with Gasteiger partial charge in [-0.15, -0.1) is 0 Å². The lowest BCUT2D eigenvalue weighted by atomic mass is 10.2. The van der Waals surface area contributed by atoms with Crippen molar-refractivity contribution in [2.45, 2.75) is 31.2 Å². The number of hydrogen-bond acceptors (Lipinski definition) is 4. The Labute approximate surface area is 126 Å². The zero-order valence-electron chi connectivity index (χ0n) is 12.5. The van der Waals surface area contributed by atoms with E-state index < -0.39 is 10.0 Å². The Morgan fingerprint density at radius 2 is 1.90 bits per heavy atom. The summed E-state index contributed by atoms with van der Waals surface area (Å²) in [5.74, 6) is 0. The van der Waals surface area contributed by atoms with Gasteiger partial charge in [0.25, 0.3) is 0 Å². The van der Waals surface area contributed by atoms with Crippen LogP contribution in [0.5, 0.6) is 0 Å². The standard InChI is InChI=1S/C15H21N3O2S/c1-3-17(4-2)14-9-10-18(12-14)21(19,20)15-7-5-13(11-16)6-8-15/h5-8,14H,3-4,9-10,12H2,1-2H3. The zero-order valence-corrected chi connectivity index (χ0v) is 13.3. The van der Waals surface area contributed by atoms with E-state index in [9.17, 15) is 8.42 Å². The van der Waals surface area contributed by atoms with Crippen LogP contribution in [0.15, 0.2) is 29.2 Å². The topological polar surface area (TPSA) is 64.4 Å². The first-order valence-corrected chi connectivity index (χ1v) is 8.71. The molecule has 0 spiro atoms. The summed E-state index contributed by atoms with van der Waals surface area (Å²) in [5, 5.41) is 8.78. The molecule has 0 aromatic heterocycles. The Bertz CT molecular complexity index is 615. The molecule has 0 bridgehead atoms. The van der Waals surface area contributed by atoms with Gasteiger partial charge in [-0.05, 0) is 43.8 Å². The molecule has 0 radical (unpaired) electrons. The van der Waals surface area contributed by atoms with Crippen LogP contribution in [0.2, 0.25) is 0 Å². The first-order chi connectivity index (χ1) is 10.0. The molecular weight excluding hydrogens is 286 g/mol. The highest BCUT2D eigenvalue weighted by atomic mass is 32.2. The highest BCUT2D eigenvalue weighted by Gasteiger charge is 2.34. The average molecular weight is 307 g/mol. The van der Waals surface area contributed by atoms with Gasteiger partial charge in [0.05, 0.1) is 16.5 Å². The molecular formula is C15H21N3O2S. The smallest absolute Gasteiger partial charge is 0.243 e. The van der Waals surface area contributed by atoms with Gasteiger partial charge in [0.15, 0.2) is 0 Å². The van der Waals surface area contributed by atoms with Crippen molar-refractivity contribution in [3.8, 4) is 6.07 Å². The van der Waals surface area contributed by atoms with Gasteiger partial charge in [0.1, 0.15) is 0 Å². The summed E-state index contributed by atoms with van der Waals surface area (Å²) >= 11 is 0. The molecule has 0 saturated carbocycles. The number of nitrogens with zero attached hydrogens (tertiary/aromatic N) is 3. The molecule has 0 aliphatic carbocycles. The third kappa shape index (κ3) is 3.26. The van der Waals surface area contributed by atoms with Crippen LogP contribution in [-0.2, 0) is 10.0 Å². The summed E-state index contributed by atoms with van der Waals surface area (Å²) in [5.41, 5.74) is 0.469. The van der Waals surface area contributed by atoms with Gasteiger partial charge >= 0.3 is 0 Å². The fourth-order valence-corrected chi connectivity index (χ4v) is 4.31. The molecule has 1 unspecified atom stereocenters. The minimum absolute atomic E-state index is 0.265. The van der Waals surface area contributed by atoms with Gasteiger partial charge in [0.2, 0.25) is 10.0 Å². The molecule has 114 valence electrons. The SMILES string of the molecule is CCN(CC)C1CCN(S(=O)(=O)c2ccc(C#N)cc2)C1. The maximum atomic E-state index is 12.6. The molecule has 5 nitrogen and oxygen atoms in total. The van der Waals surface area contributed by atoms with Gasteiger partial charge < -0.3 is 0 Å². The van der Waals surface area contributed by atoms with Crippen molar-refractivity contribution in [2.24, 2.45) is 0 Å². The molecule has 1 atom stereocenters. The lowest BCUT2D eigenvalue weighted by Crippen LogP contribution is -2.38. The Hall–Kier alpha value is -1.42. The monoisotopic (exact) mass is 307 g/mol. The number of sulfonamides is 1. The average Bonchev–Trinajstić information content (AvgIpc) is 2.99. The first-order valence-electron chi connectivity index (χ1n) is 7.27. The molecule has 2 rings (SSSR count). The van der Waals surface area contributed by atoms with E-state index in [1.165, 1.54) is 12.1 Å². The van der Waals surface area contributed by atoms with Crippen LogP contribution >= 0.6 is 0 Å². The molecule has 1 aromatic carbocycles. The van der Waals surface area contributed by atoms with Crippen LogP contribution in [0.1, 0.15) is 25.8 Å². The molecule has 21 heavy (non-hydrogen) atoms. The minimum Gasteiger partial charge on any atom is -0.300 e. The van der Waals surface area contributed by atoms with Crippen molar-refractivity contribution in [1.82, 2.24) is 9.21 Å². The zero-order chi connectivity index (χ0) is 15.5. The van der Waals surface area contributed by atoms with Crippen LogP contribution in [0.25, 0.3) is 0 Å². The summed E-state index contributed by atoms with van der Waals surface area (Å²) in [4.78, 5) is 2.57. The third-order valence-corrected chi connectivity index (χ3v) is 5.96. The minimum atomic E-state index is -3.45. The second kappa shape index (κ2) is 6.56. The van der Waals surface area contributed by atoms with Crippen molar-refractivity contribution in [3.05, 3.63) is 29.8 Å². The second-order valence-electron chi connectivity index (χ2n) is 5.16. The summed E-state index contributed by atoms with van der Waals surface area (Å²) in [6.07, 6.45) is 0.872. The maximum absolute atomic E-state index is 12.6. The van der Waals surface area contributed by atoms with E-state index in [2.05, 4.69) is 18.7 Å². The Morgan fingerprint density at radius 1 is 1.29 bits per heavy atom. The van der Waals surface area contributed by atoms with Crippen LogP contribution in [0.3, 0.4) is 0 Å². The van der Waals surface area contributed by atoms with Crippen LogP contribution < -0.4 is 0 Å². The number of rotatable bonds is 5. The first kappa shape index (κ1) is 16.0. The Morgan fingerprint density at radius 3 is 2.43 bits per heavy atom. The lowest BCUT2D eigenvalue weighted by molar-refractivity contribution is 0.224. The Kier molecular flexibility index (Phi) is 4.99. The van der Waals surface area contributed by atoms with Gasteiger partial charge in [-0.1, -0.05) is 13.8 Å². The van der Waals surface area contributed by atoms with Crippen molar-refractivity contribution < 1.29 is 8.42 Å². The van der Waals surface area contributed by atoms with Gasteiger partial charge in [-0.3, -0.25) is 4.90 Å². The van der Waals surface area contributed by atoms with E-state index in [4.69, 9.17) is 5.26 Å². The third-order valence-electron chi connectivity index (χ3n) is 4.08. The summed E-state index contributed by atoms with van der Waals surface area (Å²) in [6.45, 7) is 7.17. The van der Waals surface area contributed by atoms with E-state index in [1.807, 2.05) is 6.07 Å². The molecule has 1 aliphatic rings. The normalized spacial score (nSPS) is 19.8. The molecule has 6 heteroatoms. The molecule has 0 amide bonds. The quantitative estimate of drug-likeness (QED) is 0.830. The summed E-state index contributed by atoms with van der Waals surface area (Å²) in [6, 6.07) is 8.41. The van der Waals surface area contributed by atoms with Crippen molar-refractivity contribution >= 4 is 10.0 Å². The number of likely N-dealkylation sites (N-methyl/N-ethyl adjacent to an activating group) is 1. The van der Waals surface area contributed by atoms with Gasteiger partial charge in [0, 0.05) is 19.1 Å². The van der Waals surface area contributed by atoms with E-state index in [-0.39, 0.29) is 4.90 Å². The van der Waals surface area contributed by atoms with Gasteiger partial charge in [-0.25, -0.2) is 8.42 Å². The molecule has 0 N–H and O–H groups in total. The van der Waals surface area contributed by atoms with E-state index in [0.29, 0.717) is 24.7 Å². The molecule has 1 aliphatic heterocycles. The van der Waals surface area contributed by atoms with Crippen molar-refractivity contribution in [2.75, 3.05) is 26.2 Å². The van der Waals surface area contributed by atoms with Crippen LogP contribution in [0, 0.1) is 11.3 Å². The number of hydrogen-bond donors (Lipinski definition) is 0. The highest BCUT2D eigenvalue weighted by molar-refractivity contribution is 7.89. The predicted molar refractivity (Wildman–Crippen MR) is 81.2 cm³/mol. The molecule has 1 aromatic rings. The van der Waals surface area contributed by atoms with Gasteiger partial charge in [-0.2, -0.15) is 9.57 Å². The molecule has 1 saturated heterocycles. The largest absolute Gasteiger partial charge is 0.300 e. The van der Waals surface area contributed by atoms with E-state index in [1.54, 1.807) is 16.4 Å². The van der Waals surface area contributed by atoms with Crippen molar-refractivity contribution in [3.63, 3.8) is 0 Å². The van der Waals surface area contributed by atoms with Crippen LogP contribution in [-0.4, -0.2) is 49.8 Å². The number of nitriles is 1. The fraction of sp³-hybridized carbons (Fsp3) is 0.533. The maximum Gasteiger partial charge on any atom is 0.243 e. The highest BCUT2D eigenvalue weighted by Crippen LogP contribution is 2.23. The predicted octanol–water partition coefficient (Wildman–Crippen LogP) is 1.66. The molecule has 1 heterocycles.